The third-order valence-electron chi connectivity index (χ3n) is 7.65. The molecule has 3 aromatic heterocycles. The average molecular weight is 569 g/mol. The van der Waals surface area contributed by atoms with Gasteiger partial charge in [0.25, 0.3) is 0 Å². The minimum Gasteiger partial charge on any atom is -0.341 e. The summed E-state index contributed by atoms with van der Waals surface area (Å²) in [4.78, 5) is 16.1. The Balaban J connectivity index is 0.00000189. The fourth-order valence-corrected chi connectivity index (χ4v) is 4.89. The minimum absolute atomic E-state index is 0.421. The second-order valence-corrected chi connectivity index (χ2v) is 11.5. The van der Waals surface area contributed by atoms with Crippen molar-refractivity contribution < 1.29 is 0 Å². The van der Waals surface area contributed by atoms with Crippen molar-refractivity contribution in [3.8, 4) is 46.5 Å². The molecule has 0 radical (unpaired) electrons. The van der Waals surface area contributed by atoms with E-state index in [1.165, 1.54) is 11.7 Å². The summed E-state index contributed by atoms with van der Waals surface area (Å²) < 4.78 is 9.30. The Hall–Kier alpha value is -3.84. The highest BCUT2D eigenvalue weighted by Crippen LogP contribution is 2.34. The van der Waals surface area contributed by atoms with Crippen molar-refractivity contribution in [3.05, 3.63) is 60.4 Å². The van der Waals surface area contributed by atoms with E-state index >= 15 is 0 Å². The van der Waals surface area contributed by atoms with E-state index in [0.29, 0.717) is 30.5 Å². The summed E-state index contributed by atoms with van der Waals surface area (Å²) >= 11 is 1.24. The molecule has 5 rings (SSSR count). The number of rotatable bonds is 11. The SMILES string of the molecule is C#C.CC(C)C(C)NCc1ncc(-c2ccc(-c3ccc(-c4cnc(CN[C@H](C)C(C)C)[nH]4)c4nsnc34)cc2)[nH]1. The Labute approximate surface area is 247 Å². The molecule has 5 aromatic rings. The molecule has 0 aliphatic rings. The van der Waals surface area contributed by atoms with Gasteiger partial charge in [-0.3, -0.25) is 0 Å². The Morgan fingerprint density at radius 1 is 0.659 bits per heavy atom. The minimum atomic E-state index is 0.421. The molecule has 0 saturated carbocycles. The molecule has 2 aromatic carbocycles. The predicted molar refractivity (Wildman–Crippen MR) is 170 cm³/mol. The average Bonchev–Trinajstić information content (AvgIpc) is 3.76. The van der Waals surface area contributed by atoms with Crippen molar-refractivity contribution in [2.45, 2.75) is 66.7 Å². The van der Waals surface area contributed by atoms with Crippen LogP contribution >= 0.6 is 11.7 Å². The van der Waals surface area contributed by atoms with E-state index in [1.807, 2.05) is 12.4 Å². The van der Waals surface area contributed by atoms with Crippen LogP contribution in [0, 0.1) is 24.7 Å². The van der Waals surface area contributed by atoms with Crippen LogP contribution in [0.2, 0.25) is 0 Å². The molecule has 0 fully saturated rings. The number of nitrogens with one attached hydrogen (secondary N) is 4. The molecule has 0 aliphatic carbocycles. The van der Waals surface area contributed by atoms with Crippen LogP contribution in [0.4, 0.5) is 0 Å². The van der Waals surface area contributed by atoms with Gasteiger partial charge < -0.3 is 20.6 Å². The highest BCUT2D eigenvalue weighted by molar-refractivity contribution is 7.00. The molecule has 0 bridgehead atoms. The highest BCUT2D eigenvalue weighted by Gasteiger charge is 2.16. The van der Waals surface area contributed by atoms with Crippen molar-refractivity contribution in [2.24, 2.45) is 11.8 Å². The molecular formula is C32H40N8S. The van der Waals surface area contributed by atoms with Gasteiger partial charge in [0.1, 0.15) is 22.7 Å². The Morgan fingerprint density at radius 3 is 1.68 bits per heavy atom. The lowest BCUT2D eigenvalue weighted by molar-refractivity contribution is 0.422. The number of aromatic nitrogens is 6. The number of aromatic amines is 2. The van der Waals surface area contributed by atoms with Crippen molar-refractivity contribution >= 4 is 22.8 Å². The number of hydrogen-bond donors (Lipinski definition) is 4. The predicted octanol–water partition coefficient (Wildman–Crippen LogP) is 6.66. The normalized spacial score (nSPS) is 12.9. The topological polar surface area (TPSA) is 107 Å². The van der Waals surface area contributed by atoms with E-state index in [0.717, 1.165) is 62.9 Å². The van der Waals surface area contributed by atoms with Crippen LogP contribution in [0.25, 0.3) is 44.7 Å². The second-order valence-electron chi connectivity index (χ2n) is 11.0. The zero-order chi connectivity index (χ0) is 29.5. The quantitative estimate of drug-likeness (QED) is 0.133. The number of fused-ring (bicyclic) bond motifs is 1. The summed E-state index contributed by atoms with van der Waals surface area (Å²) in [5.41, 5.74) is 8.05. The van der Waals surface area contributed by atoms with Gasteiger partial charge in [0.05, 0.1) is 48.6 Å². The zero-order valence-electron chi connectivity index (χ0n) is 24.7. The lowest BCUT2D eigenvalue weighted by Crippen LogP contribution is -2.30. The number of benzene rings is 2. The summed E-state index contributed by atoms with van der Waals surface area (Å²) in [7, 11) is 0. The van der Waals surface area contributed by atoms with Crippen LogP contribution in [0.1, 0.15) is 53.2 Å². The lowest BCUT2D eigenvalue weighted by atomic mass is 9.99. The van der Waals surface area contributed by atoms with Crippen molar-refractivity contribution in [1.82, 2.24) is 39.3 Å². The van der Waals surface area contributed by atoms with E-state index in [-0.39, 0.29) is 0 Å². The molecule has 9 heteroatoms. The fraction of sp³-hybridized carbons (Fsp3) is 0.375. The molecule has 41 heavy (non-hydrogen) atoms. The molecule has 0 spiro atoms. The maximum absolute atomic E-state index is 4.66. The molecule has 1 unspecified atom stereocenters. The van der Waals surface area contributed by atoms with Gasteiger partial charge in [-0.05, 0) is 42.9 Å². The molecule has 0 saturated heterocycles. The molecule has 3 heterocycles. The Morgan fingerprint density at radius 2 is 1.12 bits per heavy atom. The highest BCUT2D eigenvalue weighted by atomic mass is 32.1. The molecule has 2 atom stereocenters. The number of terminal acetylenes is 1. The van der Waals surface area contributed by atoms with Crippen LogP contribution < -0.4 is 10.6 Å². The first kappa shape index (κ1) is 30.1. The molecule has 0 amide bonds. The first-order valence-corrected chi connectivity index (χ1v) is 14.8. The standard InChI is InChI=1S/C30H38N8S.C2H2/c1-17(2)19(5)31-15-27-33-13-25(35-27)22-9-7-21(8-10-22)23-11-12-24(30-29(23)37-39-38-30)26-14-34-28(36-26)16-32-20(6)18(3)4;1-2/h7-14,17-20,31-32H,15-16H2,1-6H3,(H,33,35)(H,34,36);1-2H/t19?,20-;/m1./s1. The van der Waals surface area contributed by atoms with Crippen LogP contribution in [0.15, 0.2) is 48.8 Å². The first-order chi connectivity index (χ1) is 19.8. The van der Waals surface area contributed by atoms with E-state index < -0.39 is 0 Å². The summed E-state index contributed by atoms with van der Waals surface area (Å²) in [6, 6.07) is 13.6. The van der Waals surface area contributed by atoms with Crippen molar-refractivity contribution in [2.75, 3.05) is 0 Å². The maximum Gasteiger partial charge on any atom is 0.120 e. The van der Waals surface area contributed by atoms with Gasteiger partial charge in [0.15, 0.2) is 0 Å². The largest absolute Gasteiger partial charge is 0.341 e. The molecule has 4 N–H and O–H groups in total. The van der Waals surface area contributed by atoms with E-state index in [2.05, 4.69) is 130 Å². The monoisotopic (exact) mass is 568 g/mol. The molecule has 8 nitrogen and oxygen atoms in total. The van der Waals surface area contributed by atoms with Crippen molar-refractivity contribution in [1.29, 1.82) is 0 Å². The van der Waals surface area contributed by atoms with Gasteiger partial charge in [0.2, 0.25) is 0 Å². The Kier molecular flexibility index (Phi) is 10.1. The van der Waals surface area contributed by atoms with Gasteiger partial charge in [-0.1, -0.05) is 58.0 Å². The van der Waals surface area contributed by atoms with E-state index in [4.69, 9.17) is 0 Å². The summed E-state index contributed by atoms with van der Waals surface area (Å²) in [6.07, 6.45) is 11.8. The summed E-state index contributed by atoms with van der Waals surface area (Å²) in [5, 5.41) is 7.05. The van der Waals surface area contributed by atoms with E-state index in [1.54, 1.807) is 0 Å². The van der Waals surface area contributed by atoms with Crippen molar-refractivity contribution in [3.63, 3.8) is 0 Å². The molecule has 0 aliphatic heterocycles. The molecular weight excluding hydrogens is 528 g/mol. The Bertz CT molecular complexity index is 1560. The van der Waals surface area contributed by atoms with Crippen LogP contribution in [0.5, 0.6) is 0 Å². The smallest absolute Gasteiger partial charge is 0.120 e. The lowest BCUT2D eigenvalue weighted by Gasteiger charge is -2.16. The van der Waals surface area contributed by atoms with Gasteiger partial charge in [-0.25, -0.2) is 9.97 Å². The number of imidazole rings is 2. The summed E-state index contributed by atoms with van der Waals surface area (Å²) in [6.45, 7) is 14.7. The first-order valence-electron chi connectivity index (χ1n) is 14.0. The van der Waals surface area contributed by atoms with Gasteiger partial charge in [0, 0.05) is 23.2 Å². The summed E-state index contributed by atoms with van der Waals surface area (Å²) in [5.74, 6) is 3.01. The van der Waals surface area contributed by atoms with Crippen LogP contribution in [0.3, 0.4) is 0 Å². The third kappa shape index (κ3) is 7.09. The molecule has 214 valence electrons. The van der Waals surface area contributed by atoms with E-state index in [9.17, 15) is 0 Å². The maximum atomic E-state index is 4.66. The van der Waals surface area contributed by atoms with Gasteiger partial charge in [-0.2, -0.15) is 8.75 Å². The van der Waals surface area contributed by atoms with Gasteiger partial charge >= 0.3 is 0 Å². The van der Waals surface area contributed by atoms with Crippen LogP contribution in [-0.4, -0.2) is 40.8 Å². The second kappa shape index (κ2) is 13.7. The fourth-order valence-electron chi connectivity index (χ4n) is 4.32. The number of H-pyrrole nitrogens is 2. The zero-order valence-corrected chi connectivity index (χ0v) is 25.5. The number of hydrogen-bond acceptors (Lipinski definition) is 7. The van der Waals surface area contributed by atoms with Crippen LogP contribution in [-0.2, 0) is 13.1 Å². The number of nitrogens with zero attached hydrogens (tertiary/aromatic N) is 4. The van der Waals surface area contributed by atoms with Gasteiger partial charge in [-0.15, -0.1) is 12.8 Å². The third-order valence-corrected chi connectivity index (χ3v) is 8.18.